The zero-order valence-corrected chi connectivity index (χ0v) is 13.3. The van der Waals surface area contributed by atoms with E-state index in [1.807, 2.05) is 4.90 Å². The Morgan fingerprint density at radius 1 is 1.46 bits per heavy atom. The fourth-order valence-corrected chi connectivity index (χ4v) is 3.21. The summed E-state index contributed by atoms with van der Waals surface area (Å²) in [6, 6.07) is 0.0456. The molecule has 0 saturated carbocycles. The van der Waals surface area contributed by atoms with Crippen molar-refractivity contribution >= 4 is 17.5 Å². The number of hydrogen-bond acceptors (Lipinski definition) is 6. The van der Waals surface area contributed by atoms with Gasteiger partial charge < -0.3 is 15.1 Å². The molecule has 0 bridgehead atoms. The number of likely N-dealkylation sites (tertiary alicyclic amines) is 1. The van der Waals surface area contributed by atoms with Crippen LogP contribution in [0.4, 0.5) is 5.69 Å². The van der Waals surface area contributed by atoms with E-state index in [1.165, 1.54) is 10.9 Å². The van der Waals surface area contributed by atoms with E-state index in [1.54, 1.807) is 4.90 Å². The number of nitrogens with zero attached hydrogens (tertiary/aromatic N) is 5. The standard InChI is InChI=1S/C14H20N6O4/c21-13-7-15-3-5-19(13)11-2-1-4-17(8-11)14(22)10-18-9-12(6-16-18)20(23)24/h6,9,11,15H,1-5,7-8,10H2. The number of amides is 2. The fraction of sp³-hybridized carbons (Fsp3) is 0.643. The number of hydrogen-bond donors (Lipinski definition) is 1. The highest BCUT2D eigenvalue weighted by molar-refractivity contribution is 5.80. The van der Waals surface area contributed by atoms with Crippen LogP contribution in [0, 0.1) is 10.1 Å². The second kappa shape index (κ2) is 6.95. The van der Waals surface area contributed by atoms with Gasteiger partial charge in [0.2, 0.25) is 11.8 Å². The van der Waals surface area contributed by atoms with Gasteiger partial charge in [0, 0.05) is 32.2 Å². The first-order valence-electron chi connectivity index (χ1n) is 7.99. The zero-order chi connectivity index (χ0) is 17.1. The van der Waals surface area contributed by atoms with E-state index < -0.39 is 4.92 Å². The Morgan fingerprint density at radius 3 is 3.00 bits per heavy atom. The van der Waals surface area contributed by atoms with E-state index in [4.69, 9.17) is 0 Å². The number of carbonyl (C=O) groups is 2. The van der Waals surface area contributed by atoms with Crippen LogP contribution >= 0.6 is 0 Å². The summed E-state index contributed by atoms with van der Waals surface area (Å²) in [4.78, 5) is 38.1. The van der Waals surface area contributed by atoms with Crippen molar-refractivity contribution in [3.63, 3.8) is 0 Å². The predicted octanol–water partition coefficient (Wildman–Crippen LogP) is -0.786. The van der Waals surface area contributed by atoms with Gasteiger partial charge in [0.15, 0.2) is 0 Å². The van der Waals surface area contributed by atoms with Crippen molar-refractivity contribution in [2.75, 3.05) is 32.7 Å². The van der Waals surface area contributed by atoms with Gasteiger partial charge in [-0.15, -0.1) is 0 Å². The van der Waals surface area contributed by atoms with Crippen LogP contribution in [0.1, 0.15) is 12.8 Å². The van der Waals surface area contributed by atoms with Crippen LogP contribution in [0.15, 0.2) is 12.4 Å². The molecule has 130 valence electrons. The fourth-order valence-electron chi connectivity index (χ4n) is 3.21. The molecule has 2 saturated heterocycles. The topological polar surface area (TPSA) is 114 Å². The minimum Gasteiger partial charge on any atom is -0.339 e. The van der Waals surface area contributed by atoms with Gasteiger partial charge in [0.25, 0.3) is 0 Å². The second-order valence-corrected chi connectivity index (χ2v) is 6.05. The van der Waals surface area contributed by atoms with E-state index in [0.29, 0.717) is 26.2 Å². The second-order valence-electron chi connectivity index (χ2n) is 6.05. The SMILES string of the molecule is O=C(Cn1cc([N+](=O)[O-])cn1)N1CCCC(N2CCNCC2=O)C1. The minimum absolute atomic E-state index is 0.0317. The first kappa shape index (κ1) is 16.4. The van der Waals surface area contributed by atoms with Crippen molar-refractivity contribution < 1.29 is 14.5 Å². The van der Waals surface area contributed by atoms with E-state index >= 15 is 0 Å². The molecule has 1 aromatic rings. The van der Waals surface area contributed by atoms with Crippen LogP contribution in [0.3, 0.4) is 0 Å². The Balaban J connectivity index is 1.60. The highest BCUT2D eigenvalue weighted by Gasteiger charge is 2.31. The Bertz CT molecular complexity index is 645. The molecular formula is C14H20N6O4. The third kappa shape index (κ3) is 3.53. The molecule has 2 aliphatic rings. The highest BCUT2D eigenvalue weighted by Crippen LogP contribution is 2.18. The molecule has 10 nitrogen and oxygen atoms in total. The lowest BCUT2D eigenvalue weighted by Gasteiger charge is -2.41. The van der Waals surface area contributed by atoms with Crippen molar-refractivity contribution in [2.24, 2.45) is 0 Å². The minimum atomic E-state index is -0.541. The third-order valence-electron chi connectivity index (χ3n) is 4.44. The number of piperazine rings is 1. The molecule has 1 aromatic heterocycles. The highest BCUT2D eigenvalue weighted by atomic mass is 16.6. The predicted molar refractivity (Wildman–Crippen MR) is 83.1 cm³/mol. The Morgan fingerprint density at radius 2 is 2.29 bits per heavy atom. The third-order valence-corrected chi connectivity index (χ3v) is 4.44. The molecule has 2 fully saturated rings. The number of aromatic nitrogens is 2. The number of nitrogens with one attached hydrogen (secondary N) is 1. The summed E-state index contributed by atoms with van der Waals surface area (Å²) in [7, 11) is 0. The summed E-state index contributed by atoms with van der Waals surface area (Å²) in [5.74, 6) is -0.0662. The van der Waals surface area contributed by atoms with Crippen LogP contribution in [0.2, 0.25) is 0 Å². The average molecular weight is 336 g/mol. The quantitative estimate of drug-likeness (QED) is 0.570. The van der Waals surface area contributed by atoms with Gasteiger partial charge in [-0.25, -0.2) is 0 Å². The molecule has 0 spiro atoms. The Kier molecular flexibility index (Phi) is 4.74. The van der Waals surface area contributed by atoms with Crippen LogP contribution in [0.5, 0.6) is 0 Å². The lowest BCUT2D eigenvalue weighted by atomic mass is 10.0. The summed E-state index contributed by atoms with van der Waals surface area (Å²) in [5.41, 5.74) is -0.134. The Hall–Kier alpha value is -2.49. The molecule has 1 atom stereocenters. The molecule has 0 aromatic carbocycles. The van der Waals surface area contributed by atoms with Gasteiger partial charge in [-0.05, 0) is 12.8 Å². The van der Waals surface area contributed by atoms with E-state index in [2.05, 4.69) is 10.4 Å². The molecule has 3 rings (SSSR count). The molecule has 24 heavy (non-hydrogen) atoms. The summed E-state index contributed by atoms with van der Waals surface area (Å²) in [6.45, 7) is 2.90. The molecule has 0 aliphatic carbocycles. The normalized spacial score (nSPS) is 21.8. The molecule has 3 heterocycles. The van der Waals surface area contributed by atoms with Crippen molar-refractivity contribution in [2.45, 2.75) is 25.4 Å². The van der Waals surface area contributed by atoms with Crippen LogP contribution in [-0.2, 0) is 16.1 Å². The van der Waals surface area contributed by atoms with Gasteiger partial charge in [0.05, 0.1) is 11.5 Å². The van der Waals surface area contributed by atoms with Crippen molar-refractivity contribution in [3.8, 4) is 0 Å². The number of rotatable bonds is 4. The molecule has 2 amide bonds. The molecular weight excluding hydrogens is 316 g/mol. The molecule has 0 radical (unpaired) electrons. The van der Waals surface area contributed by atoms with Gasteiger partial charge in [0.1, 0.15) is 18.9 Å². The Labute approximate surface area is 138 Å². The molecule has 2 aliphatic heterocycles. The lowest BCUT2D eigenvalue weighted by molar-refractivity contribution is -0.385. The van der Waals surface area contributed by atoms with Crippen LogP contribution in [-0.4, -0.2) is 75.1 Å². The maximum absolute atomic E-state index is 12.4. The van der Waals surface area contributed by atoms with Crippen molar-refractivity contribution in [1.29, 1.82) is 0 Å². The summed E-state index contributed by atoms with van der Waals surface area (Å²) in [5, 5.41) is 17.6. The largest absolute Gasteiger partial charge is 0.339 e. The maximum atomic E-state index is 12.4. The average Bonchev–Trinajstić information content (AvgIpc) is 3.04. The van der Waals surface area contributed by atoms with E-state index in [0.717, 1.165) is 25.6 Å². The monoisotopic (exact) mass is 336 g/mol. The number of carbonyl (C=O) groups excluding carboxylic acids is 2. The van der Waals surface area contributed by atoms with E-state index in [-0.39, 0.29) is 30.1 Å². The lowest BCUT2D eigenvalue weighted by Crippen LogP contribution is -2.57. The number of piperidine rings is 1. The number of nitro groups is 1. The van der Waals surface area contributed by atoms with E-state index in [9.17, 15) is 19.7 Å². The maximum Gasteiger partial charge on any atom is 0.307 e. The van der Waals surface area contributed by atoms with Gasteiger partial charge in [-0.1, -0.05) is 0 Å². The van der Waals surface area contributed by atoms with Gasteiger partial charge >= 0.3 is 5.69 Å². The first-order chi connectivity index (χ1) is 11.5. The van der Waals surface area contributed by atoms with Crippen LogP contribution in [0.25, 0.3) is 0 Å². The summed E-state index contributed by atoms with van der Waals surface area (Å²) in [6.07, 6.45) is 4.11. The van der Waals surface area contributed by atoms with Crippen molar-refractivity contribution in [3.05, 3.63) is 22.5 Å². The van der Waals surface area contributed by atoms with Crippen molar-refractivity contribution in [1.82, 2.24) is 24.9 Å². The zero-order valence-electron chi connectivity index (χ0n) is 13.3. The first-order valence-corrected chi connectivity index (χ1v) is 7.99. The summed E-state index contributed by atoms with van der Waals surface area (Å²) < 4.78 is 1.28. The van der Waals surface area contributed by atoms with Gasteiger partial charge in [-0.3, -0.25) is 24.4 Å². The summed E-state index contributed by atoms with van der Waals surface area (Å²) >= 11 is 0. The van der Waals surface area contributed by atoms with Gasteiger partial charge in [-0.2, -0.15) is 5.10 Å². The van der Waals surface area contributed by atoms with Crippen LogP contribution < -0.4 is 5.32 Å². The molecule has 10 heteroatoms. The smallest absolute Gasteiger partial charge is 0.307 e. The molecule has 1 unspecified atom stereocenters. The molecule has 1 N–H and O–H groups in total.